The van der Waals surface area contributed by atoms with Crippen molar-refractivity contribution >= 4 is 17.4 Å². The number of carbonyl (C=O) groups is 1. The van der Waals surface area contributed by atoms with Crippen LogP contribution in [-0.2, 0) is 0 Å². The van der Waals surface area contributed by atoms with E-state index in [2.05, 4.69) is 21.4 Å². The molecule has 0 radical (unpaired) electrons. The van der Waals surface area contributed by atoms with Crippen LogP contribution in [0.4, 0.5) is 11.5 Å². The van der Waals surface area contributed by atoms with Crippen LogP contribution in [0.5, 0.6) is 0 Å². The molecule has 2 rings (SSSR count). The van der Waals surface area contributed by atoms with Gasteiger partial charge in [-0.25, -0.2) is 9.97 Å². The second-order valence-electron chi connectivity index (χ2n) is 5.03. The molecule has 0 bridgehead atoms. The Balaban J connectivity index is 2.22. The predicted molar refractivity (Wildman–Crippen MR) is 84.8 cm³/mol. The molecule has 0 spiro atoms. The number of benzene rings is 1. The Kier molecular flexibility index (Phi) is 4.52. The highest BCUT2D eigenvalue weighted by Gasteiger charge is 2.15. The number of rotatable bonds is 4. The quantitative estimate of drug-likeness (QED) is 0.938. The third kappa shape index (κ3) is 3.56. The average molecular weight is 284 g/mol. The van der Waals surface area contributed by atoms with Crippen LogP contribution in [0, 0.1) is 13.8 Å². The van der Waals surface area contributed by atoms with Crippen molar-refractivity contribution in [2.75, 3.05) is 23.8 Å². The highest BCUT2D eigenvalue weighted by atomic mass is 16.2. The number of aryl methyl sites for hydroxylation is 2. The van der Waals surface area contributed by atoms with Gasteiger partial charge in [-0.15, -0.1) is 0 Å². The minimum absolute atomic E-state index is 0.171. The molecule has 1 amide bonds. The number of nitrogens with one attached hydrogen (secondary N) is 1. The molecule has 21 heavy (non-hydrogen) atoms. The lowest BCUT2D eigenvalue weighted by Crippen LogP contribution is -2.27. The van der Waals surface area contributed by atoms with Crippen LogP contribution in [0.15, 0.2) is 30.6 Å². The van der Waals surface area contributed by atoms with Gasteiger partial charge < -0.3 is 10.2 Å². The average Bonchev–Trinajstić information content (AvgIpc) is 2.46. The van der Waals surface area contributed by atoms with E-state index in [-0.39, 0.29) is 5.91 Å². The van der Waals surface area contributed by atoms with Crippen molar-refractivity contribution in [3.05, 3.63) is 47.4 Å². The summed E-state index contributed by atoms with van der Waals surface area (Å²) in [6, 6.07) is 6.03. The van der Waals surface area contributed by atoms with Crippen LogP contribution in [0.2, 0.25) is 0 Å². The summed E-state index contributed by atoms with van der Waals surface area (Å²) in [6.07, 6.45) is 3.07. The van der Waals surface area contributed by atoms with E-state index in [9.17, 15) is 4.79 Å². The van der Waals surface area contributed by atoms with Gasteiger partial charge in [0.1, 0.15) is 11.5 Å². The van der Waals surface area contributed by atoms with E-state index >= 15 is 0 Å². The van der Waals surface area contributed by atoms with Gasteiger partial charge in [0.25, 0.3) is 5.91 Å². The molecule has 0 saturated heterocycles. The fourth-order valence-corrected chi connectivity index (χ4v) is 2.14. The maximum atomic E-state index is 12.4. The van der Waals surface area contributed by atoms with Gasteiger partial charge in [0.15, 0.2) is 0 Å². The zero-order valence-electron chi connectivity index (χ0n) is 12.8. The van der Waals surface area contributed by atoms with Crippen LogP contribution in [-0.4, -0.2) is 29.5 Å². The number of hydrogen-bond acceptors (Lipinski definition) is 4. The van der Waals surface area contributed by atoms with Crippen LogP contribution in [0.25, 0.3) is 0 Å². The Hall–Kier alpha value is -2.43. The number of aromatic nitrogens is 2. The lowest BCUT2D eigenvalue weighted by molar-refractivity contribution is 0.0988. The molecular formula is C16H20N4O. The van der Waals surface area contributed by atoms with Gasteiger partial charge in [0, 0.05) is 19.3 Å². The highest BCUT2D eigenvalue weighted by Crippen LogP contribution is 2.19. The largest absolute Gasteiger partial charge is 0.369 e. The Morgan fingerprint density at radius 3 is 2.33 bits per heavy atom. The van der Waals surface area contributed by atoms with Gasteiger partial charge >= 0.3 is 0 Å². The number of amides is 1. The molecule has 1 aromatic carbocycles. The van der Waals surface area contributed by atoms with Crippen LogP contribution in [0.1, 0.15) is 28.5 Å². The van der Waals surface area contributed by atoms with Crippen LogP contribution < -0.4 is 10.2 Å². The third-order valence-electron chi connectivity index (χ3n) is 3.13. The van der Waals surface area contributed by atoms with E-state index < -0.39 is 0 Å². The summed E-state index contributed by atoms with van der Waals surface area (Å²) in [6.45, 7) is 6.78. The maximum absolute atomic E-state index is 12.4. The summed E-state index contributed by atoms with van der Waals surface area (Å²) in [5.74, 6) is 0.499. The predicted octanol–water partition coefficient (Wildman–Crippen LogP) is 2.80. The fraction of sp³-hybridized carbons (Fsp3) is 0.312. The van der Waals surface area contributed by atoms with Crippen LogP contribution >= 0.6 is 0 Å². The van der Waals surface area contributed by atoms with Crippen molar-refractivity contribution in [1.29, 1.82) is 0 Å². The first-order chi connectivity index (χ1) is 10.0. The van der Waals surface area contributed by atoms with Crippen molar-refractivity contribution in [3.8, 4) is 0 Å². The van der Waals surface area contributed by atoms with E-state index in [0.717, 1.165) is 23.4 Å². The van der Waals surface area contributed by atoms with Crippen molar-refractivity contribution in [2.45, 2.75) is 20.8 Å². The second kappa shape index (κ2) is 6.35. The molecule has 0 aliphatic carbocycles. The second-order valence-corrected chi connectivity index (χ2v) is 5.03. The smallest absolute Gasteiger partial charge is 0.278 e. The zero-order valence-corrected chi connectivity index (χ0v) is 12.8. The molecule has 1 heterocycles. The number of carbonyl (C=O) groups excluding carboxylic acids is 1. The molecule has 1 aromatic heterocycles. The normalized spacial score (nSPS) is 10.3. The van der Waals surface area contributed by atoms with Crippen molar-refractivity contribution in [3.63, 3.8) is 0 Å². The molecule has 0 aliphatic rings. The molecule has 0 saturated carbocycles. The van der Waals surface area contributed by atoms with E-state index in [0.29, 0.717) is 11.5 Å². The molecule has 110 valence electrons. The van der Waals surface area contributed by atoms with E-state index in [1.807, 2.05) is 32.9 Å². The summed E-state index contributed by atoms with van der Waals surface area (Å²) in [5.41, 5.74) is 3.44. The van der Waals surface area contributed by atoms with Gasteiger partial charge in [-0.2, -0.15) is 0 Å². The molecule has 5 heteroatoms. The monoisotopic (exact) mass is 284 g/mol. The SMILES string of the molecule is CCNc1cnc(C(=O)N(C)c2cc(C)cc(C)c2)cn1. The molecule has 5 nitrogen and oxygen atoms in total. The van der Waals surface area contributed by atoms with Crippen molar-refractivity contribution in [2.24, 2.45) is 0 Å². The fourth-order valence-electron chi connectivity index (χ4n) is 2.14. The molecule has 0 fully saturated rings. The van der Waals surface area contributed by atoms with Crippen molar-refractivity contribution < 1.29 is 4.79 Å². The summed E-state index contributed by atoms with van der Waals surface area (Å²) in [4.78, 5) is 22.4. The molecule has 0 aliphatic heterocycles. The van der Waals surface area contributed by atoms with E-state index in [1.54, 1.807) is 18.1 Å². The molecule has 1 N–H and O–H groups in total. The summed E-state index contributed by atoms with van der Waals surface area (Å²) < 4.78 is 0. The van der Waals surface area contributed by atoms with E-state index in [4.69, 9.17) is 0 Å². The zero-order chi connectivity index (χ0) is 15.4. The van der Waals surface area contributed by atoms with Gasteiger partial charge in [0.05, 0.1) is 12.4 Å². The molecule has 0 unspecified atom stereocenters. The number of nitrogens with zero attached hydrogens (tertiary/aromatic N) is 3. The first-order valence-corrected chi connectivity index (χ1v) is 6.93. The lowest BCUT2D eigenvalue weighted by atomic mass is 10.1. The molecular weight excluding hydrogens is 264 g/mol. The molecule has 0 atom stereocenters. The Morgan fingerprint density at radius 2 is 1.81 bits per heavy atom. The van der Waals surface area contributed by atoms with E-state index in [1.165, 1.54) is 6.20 Å². The summed E-state index contributed by atoms with van der Waals surface area (Å²) >= 11 is 0. The Labute approximate surface area is 125 Å². The van der Waals surface area contributed by atoms with Gasteiger partial charge in [-0.1, -0.05) is 6.07 Å². The van der Waals surface area contributed by atoms with Gasteiger partial charge in [-0.3, -0.25) is 4.79 Å². The summed E-state index contributed by atoms with van der Waals surface area (Å²) in [5, 5.41) is 3.05. The number of anilines is 2. The van der Waals surface area contributed by atoms with Crippen LogP contribution in [0.3, 0.4) is 0 Å². The topological polar surface area (TPSA) is 58.1 Å². The first kappa shape index (κ1) is 15.0. The standard InChI is InChI=1S/C16H20N4O/c1-5-17-15-10-18-14(9-19-15)16(21)20(4)13-7-11(2)6-12(3)8-13/h6-10H,5H2,1-4H3,(H,17,19). The first-order valence-electron chi connectivity index (χ1n) is 6.93. The summed E-state index contributed by atoms with van der Waals surface area (Å²) in [7, 11) is 1.75. The molecule has 2 aromatic rings. The third-order valence-corrected chi connectivity index (χ3v) is 3.13. The Bertz CT molecular complexity index is 617. The van der Waals surface area contributed by atoms with Gasteiger partial charge in [0.2, 0.25) is 0 Å². The number of hydrogen-bond donors (Lipinski definition) is 1. The Morgan fingerprint density at radius 1 is 1.14 bits per heavy atom. The van der Waals surface area contributed by atoms with Crippen molar-refractivity contribution in [1.82, 2.24) is 9.97 Å². The minimum Gasteiger partial charge on any atom is -0.369 e. The lowest BCUT2D eigenvalue weighted by Gasteiger charge is -2.18. The minimum atomic E-state index is -0.171. The van der Waals surface area contributed by atoms with Gasteiger partial charge in [-0.05, 0) is 44.0 Å². The maximum Gasteiger partial charge on any atom is 0.278 e. The highest BCUT2D eigenvalue weighted by molar-refractivity contribution is 6.04.